The summed E-state index contributed by atoms with van der Waals surface area (Å²) in [7, 11) is 0. The molecule has 2 rings (SSSR count). The molecule has 166 valence electrons. The number of amides is 3. The summed E-state index contributed by atoms with van der Waals surface area (Å²) in [5.74, 6) is -1.05. The van der Waals surface area contributed by atoms with Crippen LogP contribution in [-0.2, 0) is 9.53 Å². The Morgan fingerprint density at radius 3 is 2.03 bits per heavy atom. The van der Waals surface area contributed by atoms with Gasteiger partial charge in [0.1, 0.15) is 5.60 Å². The predicted octanol–water partition coefficient (Wildman–Crippen LogP) is 4.39. The van der Waals surface area contributed by atoms with Crippen LogP contribution in [0.5, 0.6) is 0 Å². The largest absolute Gasteiger partial charge is 0.444 e. The van der Waals surface area contributed by atoms with E-state index < -0.39 is 35.0 Å². The van der Waals surface area contributed by atoms with Crippen molar-refractivity contribution in [1.82, 2.24) is 16.2 Å². The number of alkyl carbamates (subject to hydrolysis) is 1. The van der Waals surface area contributed by atoms with Gasteiger partial charge in [-0.1, -0.05) is 54.1 Å². The fraction of sp³-hybridized carbons (Fsp3) is 0.348. The van der Waals surface area contributed by atoms with Crippen LogP contribution in [0.25, 0.3) is 0 Å². The summed E-state index contributed by atoms with van der Waals surface area (Å²) in [6.07, 6.45) is -0.651. The Kier molecular flexibility index (Phi) is 7.68. The number of carbonyl (C=O) groups is 3. The molecule has 0 saturated heterocycles. The van der Waals surface area contributed by atoms with Gasteiger partial charge in [0.15, 0.2) is 0 Å². The third kappa shape index (κ3) is 6.72. The third-order valence-corrected chi connectivity index (χ3v) is 4.84. The molecule has 0 heterocycles. The number of hydrogen-bond donors (Lipinski definition) is 3. The third-order valence-electron chi connectivity index (χ3n) is 4.51. The summed E-state index contributed by atoms with van der Waals surface area (Å²) < 4.78 is 5.37. The molecule has 0 saturated carbocycles. The quantitative estimate of drug-likeness (QED) is 0.594. The molecule has 8 heteroatoms. The van der Waals surface area contributed by atoms with Gasteiger partial charge in [-0.15, -0.1) is 0 Å². The van der Waals surface area contributed by atoms with Gasteiger partial charge >= 0.3 is 6.09 Å². The van der Waals surface area contributed by atoms with Gasteiger partial charge < -0.3 is 10.1 Å². The Morgan fingerprint density at radius 2 is 1.45 bits per heavy atom. The van der Waals surface area contributed by atoms with E-state index in [0.29, 0.717) is 5.56 Å². The van der Waals surface area contributed by atoms with Crippen molar-refractivity contribution in [3.8, 4) is 0 Å². The zero-order valence-electron chi connectivity index (χ0n) is 18.3. The number of hydrazine groups is 1. The van der Waals surface area contributed by atoms with Crippen LogP contribution in [0.15, 0.2) is 54.6 Å². The van der Waals surface area contributed by atoms with Crippen molar-refractivity contribution in [1.29, 1.82) is 0 Å². The summed E-state index contributed by atoms with van der Waals surface area (Å²) >= 11 is 6.03. The minimum Gasteiger partial charge on any atom is -0.444 e. The summed E-state index contributed by atoms with van der Waals surface area (Å²) in [5, 5.41) is 3.05. The van der Waals surface area contributed by atoms with Crippen molar-refractivity contribution in [3.63, 3.8) is 0 Å². The van der Waals surface area contributed by atoms with Crippen LogP contribution >= 0.6 is 11.6 Å². The first-order valence-corrected chi connectivity index (χ1v) is 10.2. The van der Waals surface area contributed by atoms with Gasteiger partial charge in [0.25, 0.3) is 5.91 Å². The van der Waals surface area contributed by atoms with Gasteiger partial charge in [-0.2, -0.15) is 0 Å². The Bertz CT molecular complexity index is 939. The van der Waals surface area contributed by atoms with Crippen LogP contribution in [0.3, 0.4) is 0 Å². The predicted molar refractivity (Wildman–Crippen MR) is 119 cm³/mol. The molecule has 0 aliphatic heterocycles. The van der Waals surface area contributed by atoms with Gasteiger partial charge in [-0.3, -0.25) is 20.4 Å². The lowest BCUT2D eigenvalue weighted by atomic mass is 9.79. The smallest absolute Gasteiger partial charge is 0.408 e. The second kappa shape index (κ2) is 9.83. The van der Waals surface area contributed by atoms with E-state index in [1.807, 2.05) is 18.2 Å². The van der Waals surface area contributed by atoms with Crippen LogP contribution < -0.4 is 16.2 Å². The molecule has 0 unspecified atom stereocenters. The second-order valence-electron chi connectivity index (χ2n) is 8.60. The molecule has 7 nitrogen and oxygen atoms in total. The van der Waals surface area contributed by atoms with Gasteiger partial charge in [0.2, 0.25) is 5.91 Å². The standard InChI is InChI=1S/C23H28ClN3O4/c1-22(2,3)31-21(30)25-18(15-11-7-6-8-12-15)23(4,5)20(29)27-26-19(28)16-13-9-10-14-17(16)24/h6-14,18H,1-5H3,(H,25,30)(H,26,28)(H,27,29)/t18-/m1/s1. The van der Waals surface area contributed by atoms with Crippen LogP contribution in [0.4, 0.5) is 4.79 Å². The van der Waals surface area contributed by atoms with E-state index in [4.69, 9.17) is 16.3 Å². The summed E-state index contributed by atoms with van der Waals surface area (Å²) in [6, 6.07) is 14.9. The van der Waals surface area contributed by atoms with E-state index in [1.165, 1.54) is 0 Å². The van der Waals surface area contributed by atoms with E-state index in [1.54, 1.807) is 71.0 Å². The maximum absolute atomic E-state index is 13.0. The summed E-state index contributed by atoms with van der Waals surface area (Å²) in [4.78, 5) is 37.8. The average Bonchev–Trinajstić information content (AvgIpc) is 2.69. The van der Waals surface area contributed by atoms with E-state index in [9.17, 15) is 14.4 Å². The molecule has 3 amide bonds. The number of rotatable bonds is 5. The highest BCUT2D eigenvalue weighted by Gasteiger charge is 2.40. The van der Waals surface area contributed by atoms with Crippen LogP contribution in [-0.4, -0.2) is 23.5 Å². The molecule has 3 N–H and O–H groups in total. The highest BCUT2D eigenvalue weighted by atomic mass is 35.5. The Labute approximate surface area is 187 Å². The molecule has 0 aromatic heterocycles. The fourth-order valence-corrected chi connectivity index (χ4v) is 3.09. The van der Waals surface area contributed by atoms with E-state index in [-0.39, 0.29) is 10.6 Å². The summed E-state index contributed by atoms with van der Waals surface area (Å²) in [5.41, 5.74) is 3.91. The first-order chi connectivity index (χ1) is 14.4. The van der Waals surface area contributed by atoms with Crippen LogP contribution in [0, 0.1) is 5.41 Å². The van der Waals surface area contributed by atoms with Crippen molar-refractivity contribution in [2.75, 3.05) is 0 Å². The van der Waals surface area contributed by atoms with Gasteiger partial charge in [0, 0.05) is 0 Å². The molecule has 0 radical (unpaired) electrons. The topological polar surface area (TPSA) is 96.5 Å². The van der Waals surface area contributed by atoms with Crippen LogP contribution in [0.2, 0.25) is 5.02 Å². The molecule has 0 bridgehead atoms. The van der Waals surface area contributed by atoms with Crippen molar-refractivity contribution in [3.05, 3.63) is 70.7 Å². The number of ether oxygens (including phenoxy) is 1. The van der Waals surface area contributed by atoms with Crippen LogP contribution in [0.1, 0.15) is 56.6 Å². The zero-order valence-corrected chi connectivity index (χ0v) is 19.0. The Hall–Kier alpha value is -3.06. The highest BCUT2D eigenvalue weighted by Crippen LogP contribution is 2.34. The zero-order chi connectivity index (χ0) is 23.2. The normalized spacial score (nSPS) is 12.5. The molecule has 0 spiro atoms. The average molecular weight is 446 g/mol. The van der Waals surface area contributed by atoms with Crippen molar-refractivity contribution >= 4 is 29.5 Å². The molecule has 2 aromatic rings. The highest BCUT2D eigenvalue weighted by molar-refractivity contribution is 6.33. The van der Waals surface area contributed by atoms with Crippen molar-refractivity contribution in [2.24, 2.45) is 5.41 Å². The SMILES string of the molecule is CC(C)(C)OC(=O)N[C@H](c1ccccc1)C(C)(C)C(=O)NNC(=O)c1ccccc1Cl. The second-order valence-corrected chi connectivity index (χ2v) is 9.01. The van der Waals surface area contributed by atoms with E-state index in [2.05, 4.69) is 16.2 Å². The van der Waals surface area contributed by atoms with Gasteiger partial charge in [0.05, 0.1) is 22.0 Å². The van der Waals surface area contributed by atoms with Gasteiger partial charge in [-0.05, 0) is 52.3 Å². The number of benzene rings is 2. The molecular formula is C23H28ClN3O4. The van der Waals surface area contributed by atoms with E-state index in [0.717, 1.165) is 0 Å². The minimum atomic E-state index is -1.15. The Balaban J connectivity index is 2.19. The number of carbonyl (C=O) groups excluding carboxylic acids is 3. The van der Waals surface area contributed by atoms with E-state index >= 15 is 0 Å². The maximum atomic E-state index is 13.0. The van der Waals surface area contributed by atoms with Gasteiger partial charge in [-0.25, -0.2) is 4.79 Å². The van der Waals surface area contributed by atoms with Crippen molar-refractivity contribution in [2.45, 2.75) is 46.3 Å². The first kappa shape index (κ1) is 24.2. The lowest BCUT2D eigenvalue weighted by Gasteiger charge is -2.34. The maximum Gasteiger partial charge on any atom is 0.408 e. The minimum absolute atomic E-state index is 0.230. The Morgan fingerprint density at radius 1 is 0.871 bits per heavy atom. The monoisotopic (exact) mass is 445 g/mol. The molecule has 0 aliphatic carbocycles. The summed E-state index contributed by atoms with van der Waals surface area (Å²) in [6.45, 7) is 8.60. The molecule has 0 aliphatic rings. The fourth-order valence-electron chi connectivity index (χ4n) is 2.87. The lowest BCUT2D eigenvalue weighted by molar-refractivity contribution is -0.131. The molecular weight excluding hydrogens is 418 g/mol. The lowest BCUT2D eigenvalue weighted by Crippen LogP contribution is -2.52. The molecule has 2 aromatic carbocycles. The molecule has 31 heavy (non-hydrogen) atoms. The number of nitrogens with one attached hydrogen (secondary N) is 3. The number of halogens is 1. The molecule has 0 fully saturated rings. The number of hydrogen-bond acceptors (Lipinski definition) is 4. The van der Waals surface area contributed by atoms with Crippen molar-refractivity contribution < 1.29 is 19.1 Å². The molecule has 1 atom stereocenters. The first-order valence-electron chi connectivity index (χ1n) is 9.81.